The molecule has 2 rings (SSSR count). The number of ketones is 1. The first-order chi connectivity index (χ1) is 11.0. The smallest absolute Gasteiger partial charge is 0.224 e. The van der Waals surface area contributed by atoms with Crippen LogP contribution in [-0.4, -0.2) is 18.3 Å². The summed E-state index contributed by atoms with van der Waals surface area (Å²) < 4.78 is 5.35. The molecule has 0 unspecified atom stereocenters. The Balaban J connectivity index is 1.85. The van der Waals surface area contributed by atoms with Crippen LogP contribution in [0.3, 0.4) is 0 Å². The van der Waals surface area contributed by atoms with Crippen LogP contribution in [0.1, 0.15) is 39.9 Å². The van der Waals surface area contributed by atoms with Crippen molar-refractivity contribution >= 4 is 28.7 Å². The van der Waals surface area contributed by atoms with E-state index in [0.717, 1.165) is 21.1 Å². The lowest BCUT2D eigenvalue weighted by Crippen LogP contribution is -2.13. The molecular formula is C18H21NO3S. The minimum atomic E-state index is -0.160. The Morgan fingerprint density at radius 2 is 1.83 bits per heavy atom. The van der Waals surface area contributed by atoms with Gasteiger partial charge in [0.15, 0.2) is 5.78 Å². The average Bonchev–Trinajstić information content (AvgIpc) is 2.86. The summed E-state index contributed by atoms with van der Waals surface area (Å²) in [5.74, 6) is 0.629. The highest BCUT2D eigenvalue weighted by atomic mass is 32.1. The highest BCUT2D eigenvalue weighted by Gasteiger charge is 2.13. The van der Waals surface area contributed by atoms with E-state index in [0.29, 0.717) is 12.3 Å². The highest BCUT2D eigenvalue weighted by Crippen LogP contribution is 2.22. The third kappa shape index (κ3) is 4.93. The van der Waals surface area contributed by atoms with Gasteiger partial charge in [0.05, 0.1) is 6.61 Å². The van der Waals surface area contributed by atoms with Crippen LogP contribution in [0.25, 0.3) is 0 Å². The van der Waals surface area contributed by atoms with Crippen molar-refractivity contribution in [2.45, 2.75) is 33.6 Å². The Bertz CT molecular complexity index is 689. The minimum Gasteiger partial charge on any atom is -0.494 e. The second kappa shape index (κ2) is 7.92. The maximum atomic E-state index is 12.2. The molecule has 0 radical (unpaired) electrons. The maximum absolute atomic E-state index is 12.2. The van der Waals surface area contributed by atoms with Gasteiger partial charge in [0.25, 0.3) is 0 Å². The number of carbonyl (C=O) groups is 2. The molecule has 0 spiro atoms. The Morgan fingerprint density at radius 3 is 2.39 bits per heavy atom. The minimum absolute atomic E-state index is 0.0219. The van der Waals surface area contributed by atoms with E-state index < -0.39 is 0 Å². The molecule has 0 aliphatic rings. The van der Waals surface area contributed by atoms with Crippen LogP contribution in [0, 0.1) is 13.8 Å². The summed E-state index contributed by atoms with van der Waals surface area (Å²) in [4.78, 5) is 26.2. The van der Waals surface area contributed by atoms with Crippen LogP contribution in [-0.2, 0) is 4.79 Å². The molecule has 1 heterocycles. The maximum Gasteiger partial charge on any atom is 0.224 e. The fraction of sp³-hybridized carbons (Fsp3) is 0.333. The van der Waals surface area contributed by atoms with Gasteiger partial charge in [-0.3, -0.25) is 9.59 Å². The Labute approximate surface area is 140 Å². The van der Waals surface area contributed by atoms with Gasteiger partial charge in [0, 0.05) is 33.8 Å². The average molecular weight is 331 g/mol. The molecule has 23 heavy (non-hydrogen) atoms. The molecule has 0 fully saturated rings. The van der Waals surface area contributed by atoms with E-state index in [9.17, 15) is 9.59 Å². The van der Waals surface area contributed by atoms with Crippen molar-refractivity contribution < 1.29 is 14.3 Å². The second-order valence-electron chi connectivity index (χ2n) is 5.26. The lowest BCUT2D eigenvalue weighted by atomic mass is 10.1. The number of carbonyl (C=O) groups excluding carboxylic acids is 2. The van der Waals surface area contributed by atoms with E-state index in [2.05, 4.69) is 5.32 Å². The Kier molecular flexibility index (Phi) is 5.93. The van der Waals surface area contributed by atoms with E-state index in [1.54, 1.807) is 23.5 Å². The number of Topliss-reactive ketones (excluding diaryl/α,β-unsaturated/α-hetero) is 1. The van der Waals surface area contributed by atoms with Crippen LogP contribution in [0.4, 0.5) is 5.69 Å². The van der Waals surface area contributed by atoms with Crippen LogP contribution >= 0.6 is 11.3 Å². The molecule has 4 nitrogen and oxygen atoms in total. The van der Waals surface area contributed by atoms with Crippen molar-refractivity contribution in [1.82, 2.24) is 0 Å². The number of aryl methyl sites for hydroxylation is 2. The van der Waals surface area contributed by atoms with Gasteiger partial charge in [0.1, 0.15) is 5.75 Å². The number of amides is 1. The number of rotatable bonds is 7. The van der Waals surface area contributed by atoms with E-state index in [1.807, 2.05) is 39.0 Å². The molecule has 0 atom stereocenters. The predicted octanol–water partition coefficient (Wildman–Crippen LogP) is 4.37. The van der Waals surface area contributed by atoms with Crippen molar-refractivity contribution in [3.63, 3.8) is 0 Å². The molecule has 2 aromatic rings. The third-order valence-corrected chi connectivity index (χ3v) is 4.34. The van der Waals surface area contributed by atoms with Crippen molar-refractivity contribution in [2.24, 2.45) is 0 Å². The zero-order valence-corrected chi connectivity index (χ0v) is 14.5. The number of hydrogen-bond acceptors (Lipinski definition) is 4. The summed E-state index contributed by atoms with van der Waals surface area (Å²) in [5.41, 5.74) is 1.44. The van der Waals surface area contributed by atoms with Crippen LogP contribution in [0.2, 0.25) is 0 Å². The predicted molar refractivity (Wildman–Crippen MR) is 93.6 cm³/mol. The fourth-order valence-corrected chi connectivity index (χ4v) is 3.24. The number of hydrogen-bond donors (Lipinski definition) is 1. The monoisotopic (exact) mass is 331 g/mol. The highest BCUT2D eigenvalue weighted by molar-refractivity contribution is 7.12. The van der Waals surface area contributed by atoms with Crippen molar-refractivity contribution in [3.05, 3.63) is 45.6 Å². The summed E-state index contributed by atoms with van der Waals surface area (Å²) in [5, 5.41) is 2.79. The number of anilines is 1. The second-order valence-corrected chi connectivity index (χ2v) is 6.72. The van der Waals surface area contributed by atoms with Gasteiger partial charge >= 0.3 is 0 Å². The standard InChI is InChI=1S/C18H21NO3S/c1-4-22-15-7-5-14(6-8-15)19-18(21)10-9-17(20)16-11-12(2)23-13(16)3/h5-8,11H,4,9-10H2,1-3H3,(H,19,21). The van der Waals surface area contributed by atoms with Crippen molar-refractivity contribution in [1.29, 1.82) is 0 Å². The zero-order valence-electron chi connectivity index (χ0n) is 13.6. The quantitative estimate of drug-likeness (QED) is 0.767. The van der Waals surface area contributed by atoms with E-state index in [-0.39, 0.29) is 24.5 Å². The molecular weight excluding hydrogens is 310 g/mol. The van der Waals surface area contributed by atoms with Gasteiger partial charge < -0.3 is 10.1 Å². The lowest BCUT2D eigenvalue weighted by molar-refractivity contribution is -0.116. The Hall–Kier alpha value is -2.14. The van der Waals surface area contributed by atoms with Crippen molar-refractivity contribution in [2.75, 3.05) is 11.9 Å². The van der Waals surface area contributed by atoms with Crippen molar-refractivity contribution in [3.8, 4) is 5.75 Å². The fourth-order valence-electron chi connectivity index (χ4n) is 2.29. The summed E-state index contributed by atoms with van der Waals surface area (Å²) in [6, 6.07) is 9.09. The molecule has 1 aromatic carbocycles. The molecule has 122 valence electrons. The first-order valence-electron chi connectivity index (χ1n) is 7.62. The van der Waals surface area contributed by atoms with Gasteiger partial charge in [-0.2, -0.15) is 0 Å². The first-order valence-corrected chi connectivity index (χ1v) is 8.44. The van der Waals surface area contributed by atoms with Gasteiger partial charge in [0.2, 0.25) is 5.91 Å². The molecule has 1 aromatic heterocycles. The molecule has 0 bridgehead atoms. The third-order valence-electron chi connectivity index (χ3n) is 3.37. The summed E-state index contributed by atoms with van der Waals surface area (Å²) in [7, 11) is 0. The normalized spacial score (nSPS) is 10.4. The topological polar surface area (TPSA) is 55.4 Å². The first kappa shape index (κ1) is 17.2. The summed E-state index contributed by atoms with van der Waals surface area (Å²) in [6.45, 7) is 6.44. The van der Waals surface area contributed by atoms with Gasteiger partial charge in [-0.1, -0.05) is 0 Å². The summed E-state index contributed by atoms with van der Waals surface area (Å²) >= 11 is 1.61. The van der Waals surface area contributed by atoms with Gasteiger partial charge in [-0.25, -0.2) is 0 Å². The number of ether oxygens (including phenoxy) is 1. The largest absolute Gasteiger partial charge is 0.494 e. The zero-order chi connectivity index (χ0) is 16.8. The van der Waals surface area contributed by atoms with E-state index in [4.69, 9.17) is 4.74 Å². The lowest BCUT2D eigenvalue weighted by Gasteiger charge is -2.07. The van der Waals surface area contributed by atoms with Crippen LogP contribution < -0.4 is 10.1 Å². The SMILES string of the molecule is CCOc1ccc(NC(=O)CCC(=O)c2cc(C)sc2C)cc1. The van der Waals surface area contributed by atoms with Crippen LogP contribution in [0.15, 0.2) is 30.3 Å². The number of benzene rings is 1. The Morgan fingerprint density at radius 1 is 1.13 bits per heavy atom. The van der Waals surface area contributed by atoms with Gasteiger partial charge in [-0.05, 0) is 51.1 Å². The molecule has 5 heteroatoms. The van der Waals surface area contributed by atoms with Gasteiger partial charge in [-0.15, -0.1) is 11.3 Å². The van der Waals surface area contributed by atoms with Crippen LogP contribution in [0.5, 0.6) is 5.75 Å². The molecule has 0 saturated carbocycles. The number of nitrogens with one attached hydrogen (secondary N) is 1. The molecule has 1 N–H and O–H groups in total. The number of thiophene rings is 1. The molecule has 0 aliphatic carbocycles. The van der Waals surface area contributed by atoms with E-state index >= 15 is 0 Å². The van der Waals surface area contributed by atoms with E-state index in [1.165, 1.54) is 0 Å². The molecule has 0 saturated heterocycles. The molecule has 0 aliphatic heterocycles. The molecule has 1 amide bonds. The summed E-state index contributed by atoms with van der Waals surface area (Å²) in [6.07, 6.45) is 0.403.